The second kappa shape index (κ2) is 4.49. The number of nitrogens with zero attached hydrogens (tertiary/aromatic N) is 1. The van der Waals surface area contributed by atoms with E-state index in [2.05, 4.69) is 23.1 Å². The zero-order valence-corrected chi connectivity index (χ0v) is 10.4. The normalized spacial score (nSPS) is 16.6. The molecular weight excluding hydrogens is 214 g/mol. The van der Waals surface area contributed by atoms with E-state index in [-0.39, 0.29) is 12.0 Å². The van der Waals surface area contributed by atoms with Crippen molar-refractivity contribution in [2.75, 3.05) is 6.54 Å². The first-order valence-electron chi connectivity index (χ1n) is 6.03. The minimum Gasteiger partial charge on any atom is -0.481 e. The van der Waals surface area contributed by atoms with Crippen molar-refractivity contribution in [2.24, 2.45) is 0 Å². The Labute approximate surface area is 102 Å². The lowest BCUT2D eigenvalue weighted by atomic mass is 9.92. The van der Waals surface area contributed by atoms with Gasteiger partial charge in [0.1, 0.15) is 0 Å². The molecule has 0 atom stereocenters. The Hall–Kier alpha value is -1.35. The Morgan fingerprint density at radius 1 is 1.35 bits per heavy atom. The largest absolute Gasteiger partial charge is 0.481 e. The quantitative estimate of drug-likeness (QED) is 0.871. The average Bonchev–Trinajstić information content (AvgIpc) is 2.26. The van der Waals surface area contributed by atoms with Crippen molar-refractivity contribution in [3.63, 3.8) is 0 Å². The molecule has 2 rings (SSSR count). The predicted octanol–water partition coefficient (Wildman–Crippen LogP) is 2.30. The van der Waals surface area contributed by atoms with E-state index in [0.29, 0.717) is 0 Å². The van der Waals surface area contributed by atoms with Crippen molar-refractivity contribution in [3.05, 3.63) is 35.4 Å². The van der Waals surface area contributed by atoms with E-state index in [9.17, 15) is 4.79 Å². The van der Waals surface area contributed by atoms with Crippen LogP contribution in [-0.4, -0.2) is 28.1 Å². The number of aliphatic carboxylic acids is 1. The molecular formula is C14H19NO2. The van der Waals surface area contributed by atoms with Crippen LogP contribution in [0.2, 0.25) is 0 Å². The Morgan fingerprint density at radius 3 is 2.65 bits per heavy atom. The number of benzene rings is 1. The Bertz CT molecular complexity index is 426. The number of carboxylic acid groups (broad SMARTS) is 1. The Morgan fingerprint density at radius 2 is 2.00 bits per heavy atom. The molecule has 0 amide bonds. The first-order valence-corrected chi connectivity index (χ1v) is 6.03. The highest BCUT2D eigenvalue weighted by Gasteiger charge is 2.31. The maximum absolute atomic E-state index is 10.9. The van der Waals surface area contributed by atoms with Crippen LogP contribution in [0.4, 0.5) is 0 Å². The number of fused-ring (bicyclic) bond motifs is 1. The third-order valence-electron chi connectivity index (χ3n) is 3.57. The molecule has 1 aromatic carbocycles. The molecule has 1 aromatic rings. The molecule has 3 heteroatoms. The van der Waals surface area contributed by atoms with Gasteiger partial charge in [-0.2, -0.15) is 0 Å². The SMILES string of the molecule is CC(C)(CC(=O)O)N1CCc2ccccc2C1. The molecule has 0 saturated carbocycles. The van der Waals surface area contributed by atoms with E-state index < -0.39 is 5.97 Å². The second-order valence-corrected chi connectivity index (χ2v) is 5.32. The van der Waals surface area contributed by atoms with E-state index in [1.165, 1.54) is 11.1 Å². The van der Waals surface area contributed by atoms with Gasteiger partial charge in [0.15, 0.2) is 0 Å². The lowest BCUT2D eigenvalue weighted by Crippen LogP contribution is -2.47. The molecule has 0 spiro atoms. The van der Waals surface area contributed by atoms with E-state index in [0.717, 1.165) is 19.5 Å². The summed E-state index contributed by atoms with van der Waals surface area (Å²) < 4.78 is 0. The fourth-order valence-electron chi connectivity index (χ4n) is 2.49. The van der Waals surface area contributed by atoms with Gasteiger partial charge in [0.2, 0.25) is 0 Å². The summed E-state index contributed by atoms with van der Waals surface area (Å²) in [4.78, 5) is 13.1. The van der Waals surface area contributed by atoms with Crippen LogP contribution in [0.3, 0.4) is 0 Å². The maximum Gasteiger partial charge on any atom is 0.305 e. The van der Waals surface area contributed by atoms with Crippen LogP contribution in [0.25, 0.3) is 0 Å². The van der Waals surface area contributed by atoms with Gasteiger partial charge in [-0.3, -0.25) is 9.69 Å². The maximum atomic E-state index is 10.9. The van der Waals surface area contributed by atoms with Crippen molar-refractivity contribution in [3.8, 4) is 0 Å². The van der Waals surface area contributed by atoms with Gasteiger partial charge >= 0.3 is 5.97 Å². The molecule has 1 aliphatic heterocycles. The zero-order valence-electron chi connectivity index (χ0n) is 10.4. The van der Waals surface area contributed by atoms with Crippen LogP contribution in [0.15, 0.2) is 24.3 Å². The third kappa shape index (κ3) is 2.67. The third-order valence-corrected chi connectivity index (χ3v) is 3.57. The standard InChI is InChI=1S/C14H19NO2/c1-14(2,9-13(16)17)15-8-7-11-5-3-4-6-12(11)10-15/h3-6H,7-10H2,1-2H3,(H,16,17). The molecule has 1 aliphatic rings. The highest BCUT2D eigenvalue weighted by atomic mass is 16.4. The first kappa shape index (κ1) is 12.1. The Balaban J connectivity index is 2.14. The van der Waals surface area contributed by atoms with Crippen molar-refractivity contribution in [1.29, 1.82) is 0 Å². The van der Waals surface area contributed by atoms with Gasteiger partial charge in [0, 0.05) is 18.6 Å². The molecule has 0 unspecified atom stereocenters. The van der Waals surface area contributed by atoms with Crippen LogP contribution >= 0.6 is 0 Å². The summed E-state index contributed by atoms with van der Waals surface area (Å²) in [7, 11) is 0. The summed E-state index contributed by atoms with van der Waals surface area (Å²) >= 11 is 0. The molecule has 0 radical (unpaired) electrons. The van der Waals surface area contributed by atoms with Gasteiger partial charge in [-0.25, -0.2) is 0 Å². The molecule has 0 saturated heterocycles. The summed E-state index contributed by atoms with van der Waals surface area (Å²) in [6.45, 7) is 5.82. The van der Waals surface area contributed by atoms with Crippen LogP contribution in [0.1, 0.15) is 31.4 Å². The molecule has 17 heavy (non-hydrogen) atoms. The average molecular weight is 233 g/mol. The van der Waals surface area contributed by atoms with Gasteiger partial charge in [-0.05, 0) is 31.4 Å². The molecule has 0 bridgehead atoms. The molecule has 1 N–H and O–H groups in total. The number of rotatable bonds is 3. The van der Waals surface area contributed by atoms with Gasteiger partial charge in [0.05, 0.1) is 6.42 Å². The molecule has 3 nitrogen and oxygen atoms in total. The monoisotopic (exact) mass is 233 g/mol. The number of hydrogen-bond donors (Lipinski definition) is 1. The smallest absolute Gasteiger partial charge is 0.305 e. The first-order chi connectivity index (χ1) is 7.99. The second-order valence-electron chi connectivity index (χ2n) is 5.32. The van der Waals surface area contributed by atoms with Gasteiger partial charge in [0.25, 0.3) is 0 Å². The fraction of sp³-hybridized carbons (Fsp3) is 0.500. The van der Waals surface area contributed by atoms with Crippen LogP contribution in [0.5, 0.6) is 0 Å². The predicted molar refractivity (Wildman–Crippen MR) is 66.9 cm³/mol. The highest BCUT2D eigenvalue weighted by Crippen LogP contribution is 2.27. The summed E-state index contributed by atoms with van der Waals surface area (Å²) in [5, 5.41) is 8.95. The van der Waals surface area contributed by atoms with Crippen LogP contribution in [0, 0.1) is 0 Å². The molecule has 0 aromatic heterocycles. The van der Waals surface area contributed by atoms with Crippen molar-refractivity contribution >= 4 is 5.97 Å². The van der Waals surface area contributed by atoms with Crippen LogP contribution in [-0.2, 0) is 17.8 Å². The van der Waals surface area contributed by atoms with E-state index in [4.69, 9.17) is 5.11 Å². The summed E-state index contributed by atoms with van der Waals surface area (Å²) in [5.41, 5.74) is 2.45. The summed E-state index contributed by atoms with van der Waals surface area (Å²) in [6.07, 6.45) is 1.20. The zero-order chi connectivity index (χ0) is 12.5. The summed E-state index contributed by atoms with van der Waals surface area (Å²) in [6, 6.07) is 8.42. The van der Waals surface area contributed by atoms with Crippen molar-refractivity contribution < 1.29 is 9.90 Å². The van der Waals surface area contributed by atoms with E-state index in [1.807, 2.05) is 19.9 Å². The minimum atomic E-state index is -0.728. The van der Waals surface area contributed by atoms with E-state index in [1.54, 1.807) is 0 Å². The molecule has 0 aliphatic carbocycles. The minimum absolute atomic E-state index is 0.190. The topological polar surface area (TPSA) is 40.5 Å². The summed E-state index contributed by atoms with van der Waals surface area (Å²) in [5.74, 6) is -0.728. The number of hydrogen-bond acceptors (Lipinski definition) is 2. The van der Waals surface area contributed by atoms with Crippen LogP contribution < -0.4 is 0 Å². The number of carboxylic acids is 1. The van der Waals surface area contributed by atoms with Gasteiger partial charge < -0.3 is 5.11 Å². The molecule has 92 valence electrons. The fourth-order valence-corrected chi connectivity index (χ4v) is 2.49. The number of carbonyl (C=O) groups is 1. The van der Waals surface area contributed by atoms with E-state index >= 15 is 0 Å². The lowest BCUT2D eigenvalue weighted by Gasteiger charge is -2.40. The molecule has 1 heterocycles. The van der Waals surface area contributed by atoms with Crippen molar-refractivity contribution in [1.82, 2.24) is 4.90 Å². The highest BCUT2D eigenvalue weighted by molar-refractivity contribution is 5.68. The lowest BCUT2D eigenvalue weighted by molar-refractivity contribution is -0.140. The molecule has 0 fully saturated rings. The van der Waals surface area contributed by atoms with Crippen molar-refractivity contribution in [2.45, 2.75) is 38.8 Å². The Kier molecular flexibility index (Phi) is 3.20. The van der Waals surface area contributed by atoms with Gasteiger partial charge in [-0.1, -0.05) is 24.3 Å². The van der Waals surface area contributed by atoms with Gasteiger partial charge in [-0.15, -0.1) is 0 Å².